The Labute approximate surface area is 163 Å². The molecule has 140 valence electrons. The summed E-state index contributed by atoms with van der Waals surface area (Å²) >= 11 is 1.35. The number of nitro benzene ring substituents is 1. The molecule has 2 aromatic heterocycles. The third kappa shape index (κ3) is 3.52. The standard InChI is InChI=1S/C19H15N5O3S/c1-12-3-2-4-15(9-12)23-17-16(10-20-23)18(25)22-19(21-17)28-11-13-5-7-14(8-6-13)24(26)27/h2-10H,11H2,1H3,(H,21,22,25). The Morgan fingerprint density at radius 2 is 2.00 bits per heavy atom. The summed E-state index contributed by atoms with van der Waals surface area (Å²) < 4.78 is 1.65. The van der Waals surface area contributed by atoms with Crippen LogP contribution in [0.15, 0.2) is 64.7 Å². The number of aromatic amines is 1. The number of hydrogen-bond acceptors (Lipinski definition) is 6. The summed E-state index contributed by atoms with van der Waals surface area (Å²) in [5.74, 6) is 0.519. The predicted octanol–water partition coefficient (Wildman–Crippen LogP) is 3.62. The summed E-state index contributed by atoms with van der Waals surface area (Å²) in [7, 11) is 0. The van der Waals surface area contributed by atoms with Gasteiger partial charge in [0, 0.05) is 17.9 Å². The molecule has 0 fully saturated rings. The molecule has 0 atom stereocenters. The van der Waals surface area contributed by atoms with Gasteiger partial charge in [-0.15, -0.1) is 0 Å². The second kappa shape index (κ2) is 7.28. The van der Waals surface area contributed by atoms with Crippen LogP contribution in [-0.2, 0) is 5.75 Å². The maximum atomic E-state index is 12.4. The van der Waals surface area contributed by atoms with E-state index in [0.717, 1.165) is 16.8 Å². The zero-order valence-corrected chi connectivity index (χ0v) is 15.6. The number of non-ortho nitro benzene ring substituents is 1. The van der Waals surface area contributed by atoms with E-state index >= 15 is 0 Å². The van der Waals surface area contributed by atoms with Gasteiger partial charge < -0.3 is 4.98 Å². The van der Waals surface area contributed by atoms with E-state index in [0.29, 0.717) is 21.9 Å². The van der Waals surface area contributed by atoms with Gasteiger partial charge in [-0.2, -0.15) is 5.10 Å². The minimum Gasteiger partial charge on any atom is -0.301 e. The monoisotopic (exact) mass is 393 g/mol. The number of nitro groups is 1. The third-order valence-electron chi connectivity index (χ3n) is 4.19. The van der Waals surface area contributed by atoms with Gasteiger partial charge in [-0.25, -0.2) is 9.67 Å². The summed E-state index contributed by atoms with van der Waals surface area (Å²) in [5, 5.41) is 15.9. The first-order chi connectivity index (χ1) is 13.5. The Hall–Kier alpha value is -3.46. The van der Waals surface area contributed by atoms with Gasteiger partial charge in [0.15, 0.2) is 10.8 Å². The van der Waals surface area contributed by atoms with Crippen LogP contribution in [0.1, 0.15) is 11.1 Å². The van der Waals surface area contributed by atoms with E-state index in [1.807, 2.05) is 31.2 Å². The topological polar surface area (TPSA) is 107 Å². The van der Waals surface area contributed by atoms with E-state index in [2.05, 4.69) is 15.1 Å². The fourth-order valence-corrected chi connectivity index (χ4v) is 3.59. The molecule has 0 saturated heterocycles. The quantitative estimate of drug-likeness (QED) is 0.240. The predicted molar refractivity (Wildman–Crippen MR) is 107 cm³/mol. The Morgan fingerprint density at radius 3 is 2.71 bits per heavy atom. The molecule has 4 rings (SSSR count). The van der Waals surface area contributed by atoms with E-state index in [4.69, 9.17) is 0 Å². The summed E-state index contributed by atoms with van der Waals surface area (Å²) in [6, 6.07) is 14.1. The van der Waals surface area contributed by atoms with E-state index in [1.165, 1.54) is 30.1 Å². The van der Waals surface area contributed by atoms with Gasteiger partial charge in [-0.3, -0.25) is 14.9 Å². The van der Waals surface area contributed by atoms with Crippen LogP contribution in [0.25, 0.3) is 16.7 Å². The molecule has 0 saturated carbocycles. The van der Waals surface area contributed by atoms with Crippen molar-refractivity contribution in [3.63, 3.8) is 0 Å². The zero-order chi connectivity index (χ0) is 19.7. The highest BCUT2D eigenvalue weighted by molar-refractivity contribution is 7.98. The van der Waals surface area contributed by atoms with Crippen LogP contribution in [0.3, 0.4) is 0 Å². The fourth-order valence-electron chi connectivity index (χ4n) is 2.78. The highest BCUT2D eigenvalue weighted by atomic mass is 32.2. The highest BCUT2D eigenvalue weighted by Crippen LogP contribution is 2.22. The first-order valence-electron chi connectivity index (χ1n) is 8.42. The van der Waals surface area contributed by atoms with Crippen LogP contribution in [0.5, 0.6) is 0 Å². The van der Waals surface area contributed by atoms with Crippen molar-refractivity contribution in [2.75, 3.05) is 0 Å². The number of fused-ring (bicyclic) bond motifs is 1. The van der Waals surface area contributed by atoms with Crippen LogP contribution in [0.4, 0.5) is 5.69 Å². The molecule has 2 heterocycles. The van der Waals surface area contributed by atoms with Crippen molar-refractivity contribution < 1.29 is 4.92 Å². The molecule has 0 bridgehead atoms. The number of hydrogen-bond donors (Lipinski definition) is 1. The van der Waals surface area contributed by atoms with E-state index in [-0.39, 0.29) is 11.2 Å². The van der Waals surface area contributed by atoms with Crippen molar-refractivity contribution in [2.24, 2.45) is 0 Å². The number of aromatic nitrogens is 4. The van der Waals surface area contributed by atoms with Gasteiger partial charge >= 0.3 is 0 Å². The third-order valence-corrected chi connectivity index (χ3v) is 5.13. The smallest absolute Gasteiger partial charge is 0.269 e. The first-order valence-corrected chi connectivity index (χ1v) is 9.41. The van der Waals surface area contributed by atoms with Gasteiger partial charge in [0.05, 0.1) is 16.8 Å². The minimum atomic E-state index is -0.434. The van der Waals surface area contributed by atoms with Crippen LogP contribution in [0, 0.1) is 17.0 Å². The average Bonchev–Trinajstić information content (AvgIpc) is 3.11. The Bertz CT molecular complexity index is 1230. The van der Waals surface area contributed by atoms with Gasteiger partial charge in [0.1, 0.15) is 5.39 Å². The summed E-state index contributed by atoms with van der Waals surface area (Å²) in [6.07, 6.45) is 1.51. The Morgan fingerprint density at radius 1 is 1.21 bits per heavy atom. The van der Waals surface area contributed by atoms with E-state index in [9.17, 15) is 14.9 Å². The minimum absolute atomic E-state index is 0.0451. The molecule has 0 aliphatic rings. The highest BCUT2D eigenvalue weighted by Gasteiger charge is 2.12. The average molecular weight is 393 g/mol. The van der Waals surface area contributed by atoms with Gasteiger partial charge in [0.2, 0.25) is 0 Å². The Kier molecular flexibility index (Phi) is 4.66. The second-order valence-corrected chi connectivity index (χ2v) is 7.18. The van der Waals surface area contributed by atoms with Crippen molar-refractivity contribution in [1.29, 1.82) is 0 Å². The summed E-state index contributed by atoms with van der Waals surface area (Å²) in [4.78, 5) is 30.0. The lowest BCUT2D eigenvalue weighted by Gasteiger charge is -2.05. The maximum absolute atomic E-state index is 12.4. The molecule has 0 amide bonds. The lowest BCUT2D eigenvalue weighted by Crippen LogP contribution is -2.09. The van der Waals surface area contributed by atoms with Crippen molar-refractivity contribution in [2.45, 2.75) is 17.8 Å². The normalized spacial score (nSPS) is 11.0. The molecule has 0 radical (unpaired) electrons. The fraction of sp³-hybridized carbons (Fsp3) is 0.105. The molecule has 2 aromatic carbocycles. The molecule has 0 aliphatic heterocycles. The molecule has 8 nitrogen and oxygen atoms in total. The molecule has 0 spiro atoms. The zero-order valence-electron chi connectivity index (χ0n) is 14.8. The lowest BCUT2D eigenvalue weighted by atomic mass is 10.2. The molecule has 28 heavy (non-hydrogen) atoms. The van der Waals surface area contributed by atoms with Crippen molar-refractivity contribution in [3.8, 4) is 5.69 Å². The molecule has 4 aromatic rings. The molecule has 9 heteroatoms. The number of aryl methyl sites for hydroxylation is 1. The van der Waals surface area contributed by atoms with Crippen LogP contribution < -0.4 is 5.56 Å². The largest absolute Gasteiger partial charge is 0.301 e. The lowest BCUT2D eigenvalue weighted by molar-refractivity contribution is -0.384. The van der Waals surface area contributed by atoms with Gasteiger partial charge in [0.25, 0.3) is 11.2 Å². The SMILES string of the molecule is Cc1cccc(-n2ncc3c(=O)[nH]c(SCc4ccc([N+](=O)[O-])cc4)nc32)c1. The van der Waals surface area contributed by atoms with Gasteiger partial charge in [-0.05, 0) is 30.2 Å². The van der Waals surface area contributed by atoms with E-state index in [1.54, 1.807) is 16.8 Å². The van der Waals surface area contributed by atoms with Crippen LogP contribution in [0.2, 0.25) is 0 Å². The second-order valence-electron chi connectivity index (χ2n) is 6.22. The summed E-state index contributed by atoms with van der Waals surface area (Å²) in [6.45, 7) is 1.99. The summed E-state index contributed by atoms with van der Waals surface area (Å²) in [5.41, 5.74) is 3.09. The molecular formula is C19H15N5O3S. The van der Waals surface area contributed by atoms with Crippen LogP contribution in [-0.4, -0.2) is 24.7 Å². The molecular weight excluding hydrogens is 378 g/mol. The number of thioether (sulfide) groups is 1. The van der Waals surface area contributed by atoms with Crippen molar-refractivity contribution >= 4 is 28.5 Å². The Balaban J connectivity index is 1.64. The molecule has 0 unspecified atom stereocenters. The number of H-pyrrole nitrogens is 1. The number of rotatable bonds is 5. The van der Waals surface area contributed by atoms with Crippen molar-refractivity contribution in [1.82, 2.24) is 19.7 Å². The maximum Gasteiger partial charge on any atom is 0.269 e. The number of nitrogens with zero attached hydrogens (tertiary/aromatic N) is 4. The molecule has 0 aliphatic carbocycles. The molecule has 1 N–H and O–H groups in total. The van der Waals surface area contributed by atoms with Crippen LogP contribution >= 0.6 is 11.8 Å². The number of benzene rings is 2. The van der Waals surface area contributed by atoms with E-state index < -0.39 is 4.92 Å². The van der Waals surface area contributed by atoms with Gasteiger partial charge in [-0.1, -0.05) is 36.0 Å². The first kappa shape index (κ1) is 17.9. The number of nitrogens with one attached hydrogen (secondary N) is 1. The van der Waals surface area contributed by atoms with Crippen molar-refractivity contribution in [3.05, 3.63) is 86.3 Å².